The summed E-state index contributed by atoms with van der Waals surface area (Å²) in [5.41, 5.74) is 1.07. The molecule has 1 aromatic heterocycles. The van der Waals surface area contributed by atoms with Crippen LogP contribution in [0.5, 0.6) is 5.75 Å². The second kappa shape index (κ2) is 2.51. The van der Waals surface area contributed by atoms with Crippen molar-refractivity contribution in [2.45, 2.75) is 0 Å². The molecule has 1 aromatic carbocycles. The van der Waals surface area contributed by atoms with Crippen LogP contribution in [-0.4, -0.2) is 4.98 Å². The first-order valence-corrected chi connectivity index (χ1v) is 3.66. The Labute approximate surface area is 69.8 Å². The van der Waals surface area contributed by atoms with E-state index in [9.17, 15) is 0 Å². The Morgan fingerprint density at radius 1 is 1.27 bits per heavy atom. The van der Waals surface area contributed by atoms with Crippen LogP contribution < -0.4 is 4.18 Å². The van der Waals surface area contributed by atoms with Crippen molar-refractivity contribution in [3.63, 3.8) is 0 Å². The highest BCUT2D eigenvalue weighted by Crippen LogP contribution is 2.25. The van der Waals surface area contributed by atoms with Crippen molar-refractivity contribution in [1.82, 2.24) is 4.98 Å². The fourth-order valence-corrected chi connectivity index (χ4v) is 1.27. The molecular weight excluding hydrogens is 158 g/mol. The fourth-order valence-electron chi connectivity index (χ4n) is 1.12. The van der Waals surface area contributed by atoms with E-state index in [1.54, 1.807) is 6.20 Å². The maximum Gasteiger partial charge on any atom is 0.162 e. The van der Waals surface area contributed by atoms with Gasteiger partial charge in [0.1, 0.15) is 0 Å². The summed E-state index contributed by atoms with van der Waals surface area (Å²) in [4.78, 5) is 3.07. The van der Waals surface area contributed by atoms with Crippen molar-refractivity contribution >= 4 is 23.8 Å². The molecule has 0 aliphatic heterocycles. The molecule has 0 aliphatic carbocycles. The number of thiol groups is 1. The van der Waals surface area contributed by atoms with E-state index in [2.05, 4.69) is 17.9 Å². The Hall–Kier alpha value is -1.09. The first kappa shape index (κ1) is 6.61. The maximum absolute atomic E-state index is 4.83. The minimum Gasteiger partial charge on any atom is -0.427 e. The second-order valence-corrected chi connectivity index (χ2v) is 2.47. The largest absolute Gasteiger partial charge is 0.427 e. The fraction of sp³-hybridized carbons (Fsp3) is 0. The summed E-state index contributed by atoms with van der Waals surface area (Å²) >= 11 is 3.73. The molecule has 0 saturated carbocycles. The van der Waals surface area contributed by atoms with Gasteiger partial charge in [0.25, 0.3) is 0 Å². The molecule has 56 valence electrons. The maximum atomic E-state index is 4.83. The Morgan fingerprint density at radius 3 is 2.91 bits per heavy atom. The molecule has 11 heavy (non-hydrogen) atoms. The number of aromatic nitrogens is 1. The standard InChI is InChI=1S/C8H7NOS/c11-10-8-5-9-7-4-2-1-3-6(7)8/h1-5,9,11H. The summed E-state index contributed by atoms with van der Waals surface area (Å²) < 4.78 is 4.83. The van der Waals surface area contributed by atoms with Gasteiger partial charge in [0, 0.05) is 30.0 Å². The number of para-hydroxylation sites is 1. The molecule has 0 bridgehead atoms. The topological polar surface area (TPSA) is 25.0 Å². The Bertz CT molecular complexity index is 369. The summed E-state index contributed by atoms with van der Waals surface area (Å²) in [7, 11) is 0. The van der Waals surface area contributed by atoms with Gasteiger partial charge < -0.3 is 9.17 Å². The van der Waals surface area contributed by atoms with Gasteiger partial charge in [-0.2, -0.15) is 0 Å². The van der Waals surface area contributed by atoms with Gasteiger partial charge in [0.2, 0.25) is 0 Å². The zero-order valence-corrected chi connectivity index (χ0v) is 6.64. The van der Waals surface area contributed by atoms with Crippen LogP contribution in [0.15, 0.2) is 30.5 Å². The van der Waals surface area contributed by atoms with Crippen LogP contribution >= 0.6 is 12.9 Å². The highest BCUT2D eigenvalue weighted by Gasteiger charge is 2.00. The first-order chi connectivity index (χ1) is 5.42. The van der Waals surface area contributed by atoms with Crippen LogP contribution in [0.2, 0.25) is 0 Å². The van der Waals surface area contributed by atoms with Crippen molar-refractivity contribution in [3.05, 3.63) is 30.5 Å². The summed E-state index contributed by atoms with van der Waals surface area (Å²) in [6.45, 7) is 0. The van der Waals surface area contributed by atoms with Crippen LogP contribution in [0.3, 0.4) is 0 Å². The molecule has 0 radical (unpaired) electrons. The lowest BCUT2D eigenvalue weighted by Crippen LogP contribution is -1.69. The number of H-pyrrole nitrogens is 1. The number of nitrogens with one attached hydrogen (secondary N) is 1. The normalized spacial score (nSPS) is 10.3. The van der Waals surface area contributed by atoms with E-state index in [1.807, 2.05) is 24.3 Å². The molecule has 0 atom stereocenters. The van der Waals surface area contributed by atoms with Gasteiger partial charge >= 0.3 is 0 Å². The van der Waals surface area contributed by atoms with E-state index in [0.717, 1.165) is 16.7 Å². The Morgan fingerprint density at radius 2 is 2.09 bits per heavy atom. The van der Waals surface area contributed by atoms with Crippen molar-refractivity contribution in [3.8, 4) is 5.75 Å². The monoisotopic (exact) mass is 165 g/mol. The molecule has 2 aromatic rings. The van der Waals surface area contributed by atoms with Crippen LogP contribution in [0.1, 0.15) is 0 Å². The van der Waals surface area contributed by atoms with E-state index < -0.39 is 0 Å². The molecule has 0 unspecified atom stereocenters. The van der Waals surface area contributed by atoms with E-state index in [1.165, 1.54) is 0 Å². The molecule has 0 saturated heterocycles. The number of aromatic amines is 1. The Kier molecular flexibility index (Phi) is 1.51. The van der Waals surface area contributed by atoms with Gasteiger partial charge in [-0.05, 0) is 12.1 Å². The lowest BCUT2D eigenvalue weighted by molar-refractivity contribution is 0.667. The van der Waals surface area contributed by atoms with Crippen molar-refractivity contribution < 1.29 is 4.18 Å². The number of hydrogen-bond donors (Lipinski definition) is 2. The van der Waals surface area contributed by atoms with Crippen LogP contribution in [0, 0.1) is 0 Å². The van der Waals surface area contributed by atoms with E-state index in [-0.39, 0.29) is 0 Å². The molecule has 2 rings (SSSR count). The van der Waals surface area contributed by atoms with Gasteiger partial charge in [0.05, 0.1) is 0 Å². The minimum atomic E-state index is 0.768. The molecule has 1 N–H and O–H groups in total. The zero-order chi connectivity index (χ0) is 7.68. The molecule has 1 heterocycles. The lowest BCUT2D eigenvalue weighted by atomic mass is 10.2. The van der Waals surface area contributed by atoms with Gasteiger partial charge in [-0.1, -0.05) is 12.1 Å². The highest BCUT2D eigenvalue weighted by molar-refractivity contribution is 7.75. The molecular formula is C8H7NOS. The predicted octanol–water partition coefficient (Wildman–Crippen LogP) is 2.39. The highest BCUT2D eigenvalue weighted by atomic mass is 32.1. The van der Waals surface area contributed by atoms with Crippen LogP contribution in [0.4, 0.5) is 0 Å². The summed E-state index contributed by atoms with van der Waals surface area (Å²) in [5, 5.41) is 1.06. The third kappa shape index (κ3) is 0.973. The first-order valence-electron chi connectivity index (χ1n) is 3.29. The quantitative estimate of drug-likeness (QED) is 0.492. The second-order valence-electron chi connectivity index (χ2n) is 2.29. The van der Waals surface area contributed by atoms with Gasteiger partial charge in [-0.25, -0.2) is 0 Å². The smallest absolute Gasteiger partial charge is 0.162 e. The number of hydrogen-bond acceptors (Lipinski definition) is 2. The van der Waals surface area contributed by atoms with E-state index >= 15 is 0 Å². The van der Waals surface area contributed by atoms with E-state index in [4.69, 9.17) is 4.18 Å². The van der Waals surface area contributed by atoms with Gasteiger partial charge in [-0.15, -0.1) is 0 Å². The average Bonchev–Trinajstić information content (AvgIpc) is 2.47. The van der Waals surface area contributed by atoms with Crippen molar-refractivity contribution in [2.24, 2.45) is 0 Å². The SMILES string of the molecule is SOc1c[nH]c2ccccc12. The molecule has 0 spiro atoms. The van der Waals surface area contributed by atoms with Crippen molar-refractivity contribution in [1.29, 1.82) is 0 Å². The average molecular weight is 165 g/mol. The number of rotatable bonds is 1. The number of fused-ring (bicyclic) bond motifs is 1. The molecule has 0 fully saturated rings. The molecule has 0 aliphatic rings. The third-order valence-corrected chi connectivity index (χ3v) is 1.85. The summed E-state index contributed by atoms with van der Waals surface area (Å²) in [6.07, 6.45) is 1.79. The zero-order valence-electron chi connectivity index (χ0n) is 5.74. The van der Waals surface area contributed by atoms with Crippen molar-refractivity contribution in [2.75, 3.05) is 0 Å². The predicted molar refractivity (Wildman–Crippen MR) is 47.9 cm³/mol. The Balaban J connectivity index is 2.76. The third-order valence-electron chi connectivity index (χ3n) is 1.65. The van der Waals surface area contributed by atoms with Gasteiger partial charge in [0.15, 0.2) is 5.75 Å². The molecule has 3 heteroatoms. The summed E-state index contributed by atoms with van der Waals surface area (Å²) in [6, 6.07) is 7.91. The van der Waals surface area contributed by atoms with Crippen LogP contribution in [-0.2, 0) is 0 Å². The van der Waals surface area contributed by atoms with Gasteiger partial charge in [-0.3, -0.25) is 0 Å². The van der Waals surface area contributed by atoms with Crippen LogP contribution in [0.25, 0.3) is 10.9 Å². The number of benzene rings is 1. The van der Waals surface area contributed by atoms with E-state index in [0.29, 0.717) is 0 Å². The molecule has 0 amide bonds. The minimum absolute atomic E-state index is 0.768. The molecule has 2 nitrogen and oxygen atoms in total. The summed E-state index contributed by atoms with van der Waals surface area (Å²) in [5.74, 6) is 0.768. The lowest BCUT2D eigenvalue weighted by Gasteiger charge is -1.91.